The maximum absolute atomic E-state index is 12.0. The second-order valence-electron chi connectivity index (χ2n) is 4.04. The molecule has 0 saturated heterocycles. The number of hydrogen-bond acceptors (Lipinski definition) is 5. The summed E-state index contributed by atoms with van der Waals surface area (Å²) in [5.41, 5.74) is 6.23. The first-order valence-electron chi connectivity index (χ1n) is 5.94. The zero-order valence-electron chi connectivity index (χ0n) is 10.5. The van der Waals surface area contributed by atoms with Crippen LogP contribution in [0.3, 0.4) is 0 Å². The Hall–Kier alpha value is -0.800. The molecule has 0 aliphatic rings. The van der Waals surface area contributed by atoms with Crippen molar-refractivity contribution in [3.63, 3.8) is 0 Å². The quantitative estimate of drug-likeness (QED) is 0.757. The van der Waals surface area contributed by atoms with E-state index in [9.17, 15) is 8.42 Å². The highest BCUT2D eigenvalue weighted by atomic mass is 79.9. The van der Waals surface area contributed by atoms with Crippen molar-refractivity contribution in [3.05, 3.63) is 34.1 Å². The van der Waals surface area contributed by atoms with Crippen molar-refractivity contribution in [2.24, 2.45) is 5.73 Å². The van der Waals surface area contributed by atoms with Crippen molar-refractivity contribution in [3.8, 4) is 10.6 Å². The zero-order chi connectivity index (χ0) is 14.6. The molecule has 0 fully saturated rings. The number of nitrogens with two attached hydrogens (primary N) is 1. The van der Waals surface area contributed by atoms with E-state index in [2.05, 4.69) is 25.6 Å². The van der Waals surface area contributed by atoms with Gasteiger partial charge in [0.1, 0.15) is 5.01 Å². The van der Waals surface area contributed by atoms with Crippen LogP contribution in [0.2, 0.25) is 0 Å². The summed E-state index contributed by atoms with van der Waals surface area (Å²) in [6.07, 6.45) is 0.600. The molecule has 0 aliphatic carbocycles. The van der Waals surface area contributed by atoms with Crippen LogP contribution in [0.25, 0.3) is 10.6 Å². The van der Waals surface area contributed by atoms with Gasteiger partial charge in [0.05, 0.1) is 0 Å². The van der Waals surface area contributed by atoms with Gasteiger partial charge in [-0.05, 0) is 25.1 Å². The third-order valence-corrected chi connectivity index (χ3v) is 5.44. The number of benzene rings is 1. The Labute approximate surface area is 130 Å². The van der Waals surface area contributed by atoms with E-state index in [1.165, 1.54) is 11.3 Å². The van der Waals surface area contributed by atoms with Crippen molar-refractivity contribution in [2.75, 3.05) is 13.1 Å². The Kier molecular flexibility index (Phi) is 5.28. The first-order valence-corrected chi connectivity index (χ1v) is 9.10. The number of aromatic nitrogens is 1. The predicted molar refractivity (Wildman–Crippen MR) is 84.1 cm³/mol. The van der Waals surface area contributed by atoms with Gasteiger partial charge in [-0.3, -0.25) is 0 Å². The van der Waals surface area contributed by atoms with Crippen LogP contribution in [0.4, 0.5) is 0 Å². The SMILES string of the molecule is NCCCNS(=O)(=O)c1csc(-c2ccc(Br)cc2)n1. The van der Waals surface area contributed by atoms with Crippen molar-refractivity contribution in [1.82, 2.24) is 9.71 Å². The number of nitrogens with one attached hydrogen (secondary N) is 1. The molecule has 2 rings (SSSR count). The molecule has 0 bridgehead atoms. The van der Waals surface area contributed by atoms with Crippen LogP contribution in [0.1, 0.15) is 6.42 Å². The zero-order valence-corrected chi connectivity index (χ0v) is 13.8. The van der Waals surface area contributed by atoms with E-state index in [0.717, 1.165) is 10.0 Å². The van der Waals surface area contributed by atoms with E-state index in [1.54, 1.807) is 5.38 Å². The largest absolute Gasteiger partial charge is 0.330 e. The van der Waals surface area contributed by atoms with Crippen LogP contribution < -0.4 is 10.5 Å². The minimum Gasteiger partial charge on any atom is -0.330 e. The molecule has 3 N–H and O–H groups in total. The second-order valence-corrected chi connectivity index (χ2v) is 7.53. The molecule has 20 heavy (non-hydrogen) atoms. The molecule has 0 unspecified atom stereocenters. The molecule has 1 aromatic carbocycles. The van der Waals surface area contributed by atoms with E-state index in [0.29, 0.717) is 24.5 Å². The van der Waals surface area contributed by atoms with E-state index in [-0.39, 0.29) is 5.03 Å². The van der Waals surface area contributed by atoms with Gasteiger partial charge in [0, 0.05) is 22.0 Å². The monoisotopic (exact) mass is 375 g/mol. The number of thiazole rings is 1. The maximum atomic E-state index is 12.0. The lowest BCUT2D eigenvalue weighted by Gasteiger charge is -2.02. The number of hydrogen-bond donors (Lipinski definition) is 2. The highest BCUT2D eigenvalue weighted by Gasteiger charge is 2.17. The van der Waals surface area contributed by atoms with E-state index in [1.807, 2.05) is 24.3 Å². The Morgan fingerprint density at radius 1 is 1.30 bits per heavy atom. The fourth-order valence-corrected chi connectivity index (χ4v) is 3.92. The van der Waals surface area contributed by atoms with Crippen LogP contribution in [0.15, 0.2) is 39.1 Å². The standard InChI is InChI=1S/C12H14BrN3O2S2/c13-10-4-2-9(3-5-10)12-16-11(8-19-12)20(17,18)15-7-1-6-14/h2-5,8,15H,1,6-7,14H2. The third kappa shape index (κ3) is 3.86. The fraction of sp³-hybridized carbons (Fsp3) is 0.250. The van der Waals surface area contributed by atoms with Crippen molar-refractivity contribution >= 4 is 37.3 Å². The van der Waals surface area contributed by atoms with Gasteiger partial charge in [-0.25, -0.2) is 18.1 Å². The van der Waals surface area contributed by atoms with Crippen molar-refractivity contribution in [2.45, 2.75) is 11.4 Å². The molecule has 1 aromatic heterocycles. The fourth-order valence-electron chi connectivity index (χ4n) is 1.49. The number of sulfonamides is 1. The summed E-state index contributed by atoms with van der Waals surface area (Å²) >= 11 is 4.66. The van der Waals surface area contributed by atoms with Gasteiger partial charge < -0.3 is 5.73 Å². The minimum atomic E-state index is -3.54. The minimum absolute atomic E-state index is 0.0532. The summed E-state index contributed by atoms with van der Waals surface area (Å²) in [5.74, 6) is 0. The normalized spacial score (nSPS) is 11.7. The maximum Gasteiger partial charge on any atom is 0.258 e. The predicted octanol–water partition coefficient (Wildman–Crippen LogP) is 2.20. The van der Waals surface area contributed by atoms with Crippen molar-refractivity contribution < 1.29 is 8.42 Å². The highest BCUT2D eigenvalue weighted by molar-refractivity contribution is 9.10. The van der Waals surface area contributed by atoms with Gasteiger partial charge in [0.15, 0.2) is 5.03 Å². The molecule has 0 saturated carbocycles. The van der Waals surface area contributed by atoms with E-state index in [4.69, 9.17) is 5.73 Å². The number of rotatable bonds is 6. The lowest BCUT2D eigenvalue weighted by molar-refractivity contribution is 0.576. The average Bonchev–Trinajstić information content (AvgIpc) is 2.90. The molecular formula is C12H14BrN3O2S2. The summed E-state index contributed by atoms with van der Waals surface area (Å²) in [5, 5.41) is 2.27. The molecule has 0 amide bonds. The van der Waals surface area contributed by atoms with Gasteiger partial charge >= 0.3 is 0 Å². The smallest absolute Gasteiger partial charge is 0.258 e. The van der Waals surface area contributed by atoms with Crippen LogP contribution in [0, 0.1) is 0 Å². The first-order chi connectivity index (χ1) is 9.53. The van der Waals surface area contributed by atoms with E-state index < -0.39 is 10.0 Å². The lowest BCUT2D eigenvalue weighted by atomic mass is 10.2. The molecule has 5 nitrogen and oxygen atoms in total. The Morgan fingerprint density at radius 2 is 2.00 bits per heavy atom. The van der Waals surface area contributed by atoms with Crippen LogP contribution >= 0.6 is 27.3 Å². The molecular weight excluding hydrogens is 362 g/mol. The third-order valence-electron chi connectivity index (χ3n) is 2.52. The molecule has 0 atom stereocenters. The van der Waals surface area contributed by atoms with Gasteiger partial charge in [-0.15, -0.1) is 11.3 Å². The second kappa shape index (κ2) is 6.77. The summed E-state index contributed by atoms with van der Waals surface area (Å²) in [4.78, 5) is 4.18. The molecule has 0 spiro atoms. The van der Waals surface area contributed by atoms with Gasteiger partial charge in [0.25, 0.3) is 10.0 Å². The van der Waals surface area contributed by atoms with Gasteiger partial charge in [-0.1, -0.05) is 28.1 Å². The molecule has 108 valence electrons. The summed E-state index contributed by atoms with van der Waals surface area (Å²) in [6, 6.07) is 7.57. The first kappa shape index (κ1) is 15.6. The average molecular weight is 376 g/mol. The molecule has 0 radical (unpaired) electrons. The van der Waals surface area contributed by atoms with Crippen LogP contribution in [0.5, 0.6) is 0 Å². The Balaban J connectivity index is 2.18. The van der Waals surface area contributed by atoms with Crippen LogP contribution in [-0.4, -0.2) is 26.5 Å². The molecule has 8 heteroatoms. The van der Waals surface area contributed by atoms with E-state index >= 15 is 0 Å². The van der Waals surface area contributed by atoms with Crippen LogP contribution in [-0.2, 0) is 10.0 Å². The Bertz CT molecular complexity index is 668. The summed E-state index contributed by atoms with van der Waals surface area (Å²) in [6.45, 7) is 0.772. The molecule has 2 aromatic rings. The van der Waals surface area contributed by atoms with Gasteiger partial charge in [-0.2, -0.15) is 0 Å². The topological polar surface area (TPSA) is 85.1 Å². The molecule has 1 heterocycles. The number of nitrogens with zero attached hydrogens (tertiary/aromatic N) is 1. The highest BCUT2D eigenvalue weighted by Crippen LogP contribution is 2.26. The number of halogens is 1. The molecule has 0 aliphatic heterocycles. The summed E-state index contributed by atoms with van der Waals surface area (Å²) < 4.78 is 27.4. The summed E-state index contributed by atoms with van der Waals surface area (Å²) in [7, 11) is -3.54. The lowest BCUT2D eigenvalue weighted by Crippen LogP contribution is -2.26. The van der Waals surface area contributed by atoms with Gasteiger partial charge in [0.2, 0.25) is 0 Å². The van der Waals surface area contributed by atoms with Crippen molar-refractivity contribution in [1.29, 1.82) is 0 Å². The Morgan fingerprint density at radius 3 is 2.65 bits per heavy atom.